The van der Waals surface area contributed by atoms with Gasteiger partial charge in [-0.2, -0.15) is 0 Å². The van der Waals surface area contributed by atoms with E-state index in [-0.39, 0.29) is 0 Å². The monoisotopic (exact) mass is 275 g/mol. The maximum Gasteiger partial charge on any atom is 0.119 e. The molecule has 2 unspecified atom stereocenters. The molecule has 0 saturated heterocycles. The summed E-state index contributed by atoms with van der Waals surface area (Å²) in [6.07, 6.45) is 4.99. The highest BCUT2D eigenvalue weighted by Crippen LogP contribution is 2.36. The molecule has 2 atom stereocenters. The predicted octanol–water partition coefficient (Wildman–Crippen LogP) is 4.24. The molecule has 0 spiro atoms. The molecule has 20 heavy (non-hydrogen) atoms. The molecule has 0 radical (unpaired) electrons. The Morgan fingerprint density at radius 3 is 2.50 bits per heavy atom. The quantitative estimate of drug-likeness (QED) is 0.770. The zero-order valence-corrected chi connectivity index (χ0v) is 13.5. The van der Waals surface area contributed by atoms with Crippen molar-refractivity contribution >= 4 is 0 Å². The number of methoxy groups -OCH3 is 1. The average Bonchev–Trinajstić information content (AvgIpc) is 2.47. The first-order valence-electron chi connectivity index (χ1n) is 8.12. The van der Waals surface area contributed by atoms with Crippen molar-refractivity contribution in [3.63, 3.8) is 0 Å². The molecule has 112 valence electrons. The molecule has 0 aliphatic heterocycles. The summed E-state index contributed by atoms with van der Waals surface area (Å²) in [6, 6.07) is 7.30. The number of aryl methyl sites for hydroxylation is 1. The van der Waals surface area contributed by atoms with E-state index in [0.717, 1.165) is 5.75 Å². The van der Waals surface area contributed by atoms with Crippen LogP contribution in [0, 0.1) is 0 Å². The van der Waals surface area contributed by atoms with E-state index < -0.39 is 0 Å². The molecule has 2 heteroatoms. The Kier molecular flexibility index (Phi) is 5.47. The van der Waals surface area contributed by atoms with Crippen molar-refractivity contribution in [2.75, 3.05) is 20.2 Å². The standard InChI is InChI=1S/C18H29NO/c1-5-11-19(12-6-2)18-10-8-15-7-9-16(20-4)13-17(15)14(18)3/h7,9,13-14,18H,5-6,8,10-12H2,1-4H3. The van der Waals surface area contributed by atoms with Gasteiger partial charge in [0.2, 0.25) is 0 Å². The minimum Gasteiger partial charge on any atom is -0.497 e. The van der Waals surface area contributed by atoms with E-state index in [2.05, 4.69) is 43.9 Å². The van der Waals surface area contributed by atoms with E-state index in [4.69, 9.17) is 4.74 Å². The summed E-state index contributed by atoms with van der Waals surface area (Å²) in [5.41, 5.74) is 3.01. The van der Waals surface area contributed by atoms with Crippen molar-refractivity contribution in [3.8, 4) is 5.75 Å². The van der Waals surface area contributed by atoms with Gasteiger partial charge in [-0.1, -0.05) is 26.8 Å². The van der Waals surface area contributed by atoms with Crippen molar-refractivity contribution in [2.24, 2.45) is 0 Å². The number of hydrogen-bond acceptors (Lipinski definition) is 2. The smallest absolute Gasteiger partial charge is 0.119 e. The van der Waals surface area contributed by atoms with Crippen molar-refractivity contribution < 1.29 is 4.74 Å². The van der Waals surface area contributed by atoms with Gasteiger partial charge in [0.05, 0.1) is 7.11 Å². The van der Waals surface area contributed by atoms with Crippen LogP contribution in [0.2, 0.25) is 0 Å². The number of rotatable bonds is 6. The molecule has 0 saturated carbocycles. The number of hydrogen-bond donors (Lipinski definition) is 0. The van der Waals surface area contributed by atoms with Gasteiger partial charge in [-0.05, 0) is 68.0 Å². The number of benzene rings is 1. The van der Waals surface area contributed by atoms with Crippen LogP contribution in [0.1, 0.15) is 57.1 Å². The van der Waals surface area contributed by atoms with E-state index in [9.17, 15) is 0 Å². The Bertz CT molecular complexity index is 423. The minimum atomic E-state index is 0.604. The highest BCUT2D eigenvalue weighted by Gasteiger charge is 2.30. The van der Waals surface area contributed by atoms with Gasteiger partial charge < -0.3 is 4.74 Å². The second-order valence-electron chi connectivity index (χ2n) is 6.00. The predicted molar refractivity (Wildman–Crippen MR) is 85.7 cm³/mol. The molecule has 0 fully saturated rings. The fourth-order valence-electron chi connectivity index (χ4n) is 3.63. The minimum absolute atomic E-state index is 0.604. The number of fused-ring (bicyclic) bond motifs is 1. The molecule has 2 nitrogen and oxygen atoms in total. The molecule has 0 heterocycles. The van der Waals surface area contributed by atoms with Crippen molar-refractivity contribution in [1.29, 1.82) is 0 Å². The second kappa shape index (κ2) is 7.12. The third-order valence-electron chi connectivity index (χ3n) is 4.62. The fraction of sp³-hybridized carbons (Fsp3) is 0.667. The Morgan fingerprint density at radius 2 is 1.90 bits per heavy atom. The van der Waals surface area contributed by atoms with E-state index in [0.29, 0.717) is 12.0 Å². The maximum absolute atomic E-state index is 5.41. The molecule has 1 aliphatic rings. The van der Waals surface area contributed by atoms with Crippen molar-refractivity contribution in [1.82, 2.24) is 4.90 Å². The summed E-state index contributed by atoms with van der Waals surface area (Å²) in [7, 11) is 1.76. The van der Waals surface area contributed by atoms with Crippen LogP contribution < -0.4 is 4.74 Å². The van der Waals surface area contributed by atoms with Crippen LogP contribution >= 0.6 is 0 Å². The lowest BCUT2D eigenvalue weighted by Gasteiger charge is -2.39. The first-order chi connectivity index (χ1) is 9.71. The van der Waals surface area contributed by atoms with Gasteiger partial charge >= 0.3 is 0 Å². The van der Waals surface area contributed by atoms with Crippen LogP contribution in [0.4, 0.5) is 0 Å². The SMILES string of the molecule is CCCN(CCC)C1CCc2ccc(OC)cc2C1C. The Hall–Kier alpha value is -1.02. The molecular formula is C18H29NO. The van der Waals surface area contributed by atoms with Crippen LogP contribution in [0.15, 0.2) is 18.2 Å². The molecule has 2 rings (SSSR count). The second-order valence-corrected chi connectivity index (χ2v) is 6.00. The van der Waals surface area contributed by atoms with Crippen LogP contribution in [0.25, 0.3) is 0 Å². The fourth-order valence-corrected chi connectivity index (χ4v) is 3.63. The molecule has 1 aromatic rings. The molecule has 0 amide bonds. The third kappa shape index (κ3) is 3.17. The number of nitrogens with zero attached hydrogens (tertiary/aromatic N) is 1. The topological polar surface area (TPSA) is 12.5 Å². The van der Waals surface area contributed by atoms with E-state index in [1.165, 1.54) is 49.9 Å². The van der Waals surface area contributed by atoms with Crippen molar-refractivity contribution in [3.05, 3.63) is 29.3 Å². The zero-order valence-electron chi connectivity index (χ0n) is 13.5. The lowest BCUT2D eigenvalue weighted by molar-refractivity contribution is 0.159. The van der Waals surface area contributed by atoms with E-state index in [1.54, 1.807) is 7.11 Å². The summed E-state index contributed by atoms with van der Waals surface area (Å²) >= 11 is 0. The third-order valence-corrected chi connectivity index (χ3v) is 4.62. The average molecular weight is 275 g/mol. The lowest BCUT2D eigenvalue weighted by Crippen LogP contribution is -2.42. The normalized spacial score (nSPS) is 21.9. The summed E-state index contributed by atoms with van der Waals surface area (Å²) in [5, 5.41) is 0. The maximum atomic E-state index is 5.41. The van der Waals surface area contributed by atoms with E-state index in [1.807, 2.05) is 0 Å². The highest BCUT2D eigenvalue weighted by atomic mass is 16.5. The van der Waals surface area contributed by atoms with Gasteiger partial charge in [0.15, 0.2) is 0 Å². The molecule has 1 aromatic carbocycles. The van der Waals surface area contributed by atoms with Gasteiger partial charge in [0.25, 0.3) is 0 Å². The molecule has 0 N–H and O–H groups in total. The summed E-state index contributed by atoms with van der Waals surface area (Å²) in [5.74, 6) is 1.60. The van der Waals surface area contributed by atoms with E-state index >= 15 is 0 Å². The van der Waals surface area contributed by atoms with Gasteiger partial charge in [0.1, 0.15) is 5.75 Å². The lowest BCUT2D eigenvalue weighted by atomic mass is 9.79. The first kappa shape index (κ1) is 15.4. The van der Waals surface area contributed by atoms with Crippen LogP contribution in [-0.2, 0) is 6.42 Å². The Balaban J connectivity index is 2.22. The van der Waals surface area contributed by atoms with Gasteiger partial charge in [-0.3, -0.25) is 4.90 Å². The molecular weight excluding hydrogens is 246 g/mol. The largest absolute Gasteiger partial charge is 0.497 e. The van der Waals surface area contributed by atoms with Gasteiger partial charge in [-0.15, -0.1) is 0 Å². The van der Waals surface area contributed by atoms with Gasteiger partial charge in [-0.25, -0.2) is 0 Å². The number of ether oxygens (including phenoxy) is 1. The van der Waals surface area contributed by atoms with Crippen LogP contribution in [-0.4, -0.2) is 31.1 Å². The summed E-state index contributed by atoms with van der Waals surface area (Å²) in [4.78, 5) is 2.70. The summed E-state index contributed by atoms with van der Waals surface area (Å²) < 4.78 is 5.41. The highest BCUT2D eigenvalue weighted by molar-refractivity contribution is 5.40. The van der Waals surface area contributed by atoms with Crippen molar-refractivity contribution in [2.45, 2.75) is 58.4 Å². The zero-order chi connectivity index (χ0) is 14.5. The summed E-state index contributed by atoms with van der Waals surface area (Å²) in [6.45, 7) is 9.41. The molecule has 0 aromatic heterocycles. The Morgan fingerprint density at radius 1 is 1.20 bits per heavy atom. The molecule has 0 bridgehead atoms. The van der Waals surface area contributed by atoms with Crippen LogP contribution in [0.5, 0.6) is 5.75 Å². The van der Waals surface area contributed by atoms with Gasteiger partial charge in [0, 0.05) is 6.04 Å². The first-order valence-corrected chi connectivity index (χ1v) is 8.12. The Labute approximate surface area is 124 Å². The molecule has 1 aliphatic carbocycles. The van der Waals surface area contributed by atoms with Crippen LogP contribution in [0.3, 0.4) is 0 Å².